The third kappa shape index (κ3) is 3.25. The highest BCUT2D eigenvalue weighted by molar-refractivity contribution is 6.67. The van der Waals surface area contributed by atoms with Gasteiger partial charge in [-0.1, -0.05) is 35.9 Å². The van der Waals surface area contributed by atoms with Crippen molar-refractivity contribution < 1.29 is 9.53 Å². The Morgan fingerprint density at radius 1 is 1.11 bits per heavy atom. The van der Waals surface area contributed by atoms with Crippen molar-refractivity contribution in [1.29, 1.82) is 0 Å². The van der Waals surface area contributed by atoms with Crippen LogP contribution in [0, 0.1) is 0 Å². The third-order valence-electron chi connectivity index (χ3n) is 2.41. The Kier molecular flexibility index (Phi) is 4.24. The SMILES string of the molecule is O=C(Cl)c1cccc(OCc2ccccc2Cl)c1. The van der Waals surface area contributed by atoms with E-state index in [0.29, 0.717) is 22.9 Å². The molecule has 2 rings (SSSR count). The average Bonchev–Trinajstić information content (AvgIpc) is 2.38. The van der Waals surface area contributed by atoms with E-state index in [1.165, 1.54) is 0 Å². The van der Waals surface area contributed by atoms with Crippen molar-refractivity contribution in [3.63, 3.8) is 0 Å². The lowest BCUT2D eigenvalue weighted by atomic mass is 10.2. The molecular formula is C14H10Cl2O2. The average molecular weight is 281 g/mol. The van der Waals surface area contributed by atoms with E-state index in [0.717, 1.165) is 5.56 Å². The van der Waals surface area contributed by atoms with Gasteiger partial charge in [0.1, 0.15) is 12.4 Å². The van der Waals surface area contributed by atoms with Gasteiger partial charge in [-0.2, -0.15) is 0 Å². The summed E-state index contributed by atoms with van der Waals surface area (Å²) >= 11 is 11.4. The van der Waals surface area contributed by atoms with Crippen LogP contribution in [0.1, 0.15) is 15.9 Å². The smallest absolute Gasteiger partial charge is 0.252 e. The second kappa shape index (κ2) is 5.89. The highest BCUT2D eigenvalue weighted by Crippen LogP contribution is 2.19. The van der Waals surface area contributed by atoms with Crippen LogP contribution in [-0.2, 0) is 6.61 Å². The molecule has 4 heteroatoms. The Balaban J connectivity index is 2.09. The Bertz CT molecular complexity index is 567. The van der Waals surface area contributed by atoms with Gasteiger partial charge >= 0.3 is 0 Å². The molecule has 0 bridgehead atoms. The predicted octanol–water partition coefficient (Wildman–Crippen LogP) is 4.30. The van der Waals surface area contributed by atoms with Gasteiger partial charge < -0.3 is 4.74 Å². The van der Waals surface area contributed by atoms with Crippen LogP contribution >= 0.6 is 23.2 Å². The number of ether oxygens (including phenoxy) is 1. The lowest BCUT2D eigenvalue weighted by Crippen LogP contribution is -1.97. The monoisotopic (exact) mass is 280 g/mol. The minimum absolute atomic E-state index is 0.347. The number of halogens is 2. The first kappa shape index (κ1) is 12.9. The summed E-state index contributed by atoms with van der Waals surface area (Å²) in [5, 5.41) is 0.153. The maximum absolute atomic E-state index is 11.0. The topological polar surface area (TPSA) is 26.3 Å². The van der Waals surface area contributed by atoms with E-state index in [1.54, 1.807) is 30.3 Å². The van der Waals surface area contributed by atoms with Crippen molar-refractivity contribution >= 4 is 28.4 Å². The molecule has 0 heterocycles. The van der Waals surface area contributed by atoms with Gasteiger partial charge in [0.15, 0.2) is 0 Å². The predicted molar refractivity (Wildman–Crippen MR) is 72.4 cm³/mol. The fraction of sp³-hybridized carbons (Fsp3) is 0.0714. The molecule has 2 aromatic rings. The summed E-state index contributed by atoms with van der Waals surface area (Å²) < 4.78 is 5.57. The van der Waals surface area contributed by atoms with Crippen LogP contribution in [0.15, 0.2) is 48.5 Å². The number of rotatable bonds is 4. The number of hydrogen-bond acceptors (Lipinski definition) is 2. The van der Waals surface area contributed by atoms with Crippen molar-refractivity contribution in [2.45, 2.75) is 6.61 Å². The van der Waals surface area contributed by atoms with E-state index in [-0.39, 0.29) is 0 Å². The lowest BCUT2D eigenvalue weighted by Gasteiger charge is -2.08. The van der Waals surface area contributed by atoms with Crippen LogP contribution in [0.5, 0.6) is 5.75 Å². The van der Waals surface area contributed by atoms with Crippen LogP contribution in [0.2, 0.25) is 5.02 Å². The molecule has 0 atom stereocenters. The maximum Gasteiger partial charge on any atom is 0.252 e. The summed E-state index contributed by atoms with van der Waals surface area (Å²) in [7, 11) is 0. The van der Waals surface area contributed by atoms with Crippen molar-refractivity contribution in [3.05, 3.63) is 64.7 Å². The van der Waals surface area contributed by atoms with Gasteiger partial charge in [-0.3, -0.25) is 4.79 Å². The molecule has 0 saturated heterocycles. The van der Waals surface area contributed by atoms with E-state index < -0.39 is 5.24 Å². The van der Waals surface area contributed by atoms with Gasteiger partial charge in [0.05, 0.1) is 0 Å². The molecule has 0 N–H and O–H groups in total. The van der Waals surface area contributed by atoms with E-state index in [1.807, 2.05) is 18.2 Å². The highest BCUT2D eigenvalue weighted by Gasteiger charge is 2.04. The van der Waals surface area contributed by atoms with Crippen LogP contribution in [0.25, 0.3) is 0 Å². The van der Waals surface area contributed by atoms with Crippen LogP contribution < -0.4 is 4.74 Å². The molecule has 92 valence electrons. The Hall–Kier alpha value is -1.51. The second-order valence-corrected chi connectivity index (χ2v) is 4.43. The summed E-state index contributed by atoms with van der Waals surface area (Å²) in [6, 6.07) is 14.2. The van der Waals surface area contributed by atoms with Crippen LogP contribution in [-0.4, -0.2) is 5.24 Å². The molecule has 0 aliphatic carbocycles. The number of hydrogen-bond donors (Lipinski definition) is 0. The molecule has 0 unspecified atom stereocenters. The highest BCUT2D eigenvalue weighted by atomic mass is 35.5. The summed E-state index contributed by atoms with van der Waals surface area (Å²) in [5.41, 5.74) is 1.30. The first-order valence-corrected chi connectivity index (χ1v) is 6.08. The molecule has 0 saturated carbocycles. The second-order valence-electron chi connectivity index (χ2n) is 3.68. The van der Waals surface area contributed by atoms with Gasteiger partial charge in [-0.25, -0.2) is 0 Å². The van der Waals surface area contributed by atoms with Crippen molar-refractivity contribution in [1.82, 2.24) is 0 Å². The molecule has 0 spiro atoms. The minimum atomic E-state index is -0.502. The van der Waals surface area contributed by atoms with Crippen LogP contribution in [0.4, 0.5) is 0 Å². The van der Waals surface area contributed by atoms with Gasteiger partial charge in [0, 0.05) is 16.1 Å². The number of carbonyl (C=O) groups excluding carboxylic acids is 1. The van der Waals surface area contributed by atoms with Gasteiger partial charge in [-0.05, 0) is 35.9 Å². The lowest BCUT2D eigenvalue weighted by molar-refractivity contribution is 0.108. The standard InChI is InChI=1S/C14H10Cl2O2/c15-13-7-2-1-4-11(13)9-18-12-6-3-5-10(8-12)14(16)17/h1-8H,9H2. The quantitative estimate of drug-likeness (QED) is 0.781. The molecule has 18 heavy (non-hydrogen) atoms. The fourth-order valence-corrected chi connectivity index (χ4v) is 1.79. The van der Waals surface area contributed by atoms with Crippen LogP contribution in [0.3, 0.4) is 0 Å². The fourth-order valence-electron chi connectivity index (χ4n) is 1.48. The molecule has 0 aromatic heterocycles. The molecular weight excluding hydrogens is 271 g/mol. The maximum atomic E-state index is 11.0. The molecule has 0 fully saturated rings. The molecule has 0 radical (unpaired) electrons. The van der Waals surface area contributed by atoms with Crippen molar-refractivity contribution in [3.8, 4) is 5.75 Å². The Morgan fingerprint density at radius 3 is 2.61 bits per heavy atom. The van der Waals surface area contributed by atoms with Gasteiger partial charge in [0.25, 0.3) is 5.24 Å². The normalized spacial score (nSPS) is 10.1. The molecule has 2 aromatic carbocycles. The summed E-state index contributed by atoms with van der Waals surface area (Å²) in [6.45, 7) is 0.347. The first-order chi connectivity index (χ1) is 8.66. The molecule has 0 amide bonds. The van der Waals surface area contributed by atoms with E-state index in [2.05, 4.69) is 0 Å². The van der Waals surface area contributed by atoms with E-state index in [9.17, 15) is 4.79 Å². The molecule has 0 aliphatic rings. The molecule has 2 nitrogen and oxygen atoms in total. The third-order valence-corrected chi connectivity index (χ3v) is 3.00. The zero-order chi connectivity index (χ0) is 13.0. The van der Waals surface area contributed by atoms with Gasteiger partial charge in [0.2, 0.25) is 0 Å². The van der Waals surface area contributed by atoms with Crippen molar-refractivity contribution in [2.24, 2.45) is 0 Å². The zero-order valence-electron chi connectivity index (χ0n) is 9.40. The van der Waals surface area contributed by atoms with E-state index in [4.69, 9.17) is 27.9 Å². The Morgan fingerprint density at radius 2 is 1.89 bits per heavy atom. The Labute approximate surface area is 115 Å². The largest absolute Gasteiger partial charge is 0.489 e. The van der Waals surface area contributed by atoms with E-state index >= 15 is 0 Å². The first-order valence-electron chi connectivity index (χ1n) is 5.33. The summed E-state index contributed by atoms with van der Waals surface area (Å²) in [4.78, 5) is 11.0. The zero-order valence-corrected chi connectivity index (χ0v) is 10.9. The van der Waals surface area contributed by atoms with Gasteiger partial charge in [-0.15, -0.1) is 0 Å². The number of carbonyl (C=O) groups is 1. The minimum Gasteiger partial charge on any atom is -0.489 e. The summed E-state index contributed by atoms with van der Waals surface area (Å²) in [5.74, 6) is 0.585. The molecule has 0 aliphatic heterocycles. The number of benzene rings is 2. The summed E-state index contributed by atoms with van der Waals surface area (Å²) in [6.07, 6.45) is 0. The van der Waals surface area contributed by atoms with Crippen molar-refractivity contribution in [2.75, 3.05) is 0 Å².